The van der Waals surface area contributed by atoms with Crippen molar-refractivity contribution < 1.29 is 22.8 Å². The average Bonchev–Trinajstić information content (AvgIpc) is 3.38. The molecule has 0 N–H and O–H groups in total. The molecule has 9 nitrogen and oxygen atoms in total. The molecule has 1 aromatic carbocycles. The zero-order chi connectivity index (χ0) is 26.0. The van der Waals surface area contributed by atoms with Crippen LogP contribution in [0.4, 0.5) is 19.0 Å². The van der Waals surface area contributed by atoms with Crippen molar-refractivity contribution in [2.45, 2.75) is 32.5 Å². The van der Waals surface area contributed by atoms with Crippen molar-refractivity contribution in [3.05, 3.63) is 85.6 Å². The number of hydrogen-bond donors (Lipinski definition) is 0. The fourth-order valence-electron chi connectivity index (χ4n) is 3.62. The van der Waals surface area contributed by atoms with Crippen LogP contribution < -0.4 is 4.74 Å². The van der Waals surface area contributed by atoms with E-state index in [9.17, 15) is 23.3 Å². The third kappa shape index (κ3) is 5.85. The molecular formula is C22H17BrClF3N6O3. The minimum atomic E-state index is -2.55. The van der Waals surface area contributed by atoms with Gasteiger partial charge in [0.05, 0.1) is 22.9 Å². The fourth-order valence-corrected chi connectivity index (χ4v) is 4.12. The summed E-state index contributed by atoms with van der Waals surface area (Å²) < 4.78 is 48.6. The summed E-state index contributed by atoms with van der Waals surface area (Å²) >= 11 is 9.39. The third-order valence-corrected chi connectivity index (χ3v) is 5.72. The lowest BCUT2D eigenvalue weighted by Gasteiger charge is -2.19. The largest absolute Gasteiger partial charge is 0.478 e. The number of halogens is 5. The summed E-state index contributed by atoms with van der Waals surface area (Å²) in [4.78, 5) is 14.5. The van der Waals surface area contributed by atoms with Crippen LogP contribution in [-0.2, 0) is 13.1 Å². The van der Waals surface area contributed by atoms with Gasteiger partial charge < -0.3 is 14.9 Å². The van der Waals surface area contributed by atoms with Crippen LogP contribution in [0.15, 0.2) is 53.4 Å². The second kappa shape index (κ2) is 10.7. The van der Waals surface area contributed by atoms with E-state index in [1.54, 1.807) is 13.0 Å². The SMILES string of the molecule is C[C@@H](Oc1cc(Br)cnc1[N+](=O)[O-])c1cc(F)ccc1-c1cc(Cl)nn1Cc1cnn(CC(F)F)c1. The lowest BCUT2D eigenvalue weighted by atomic mass is 10.00. The molecule has 3 aromatic heterocycles. The van der Waals surface area contributed by atoms with Crippen molar-refractivity contribution in [2.24, 2.45) is 0 Å². The Balaban J connectivity index is 1.69. The molecule has 0 saturated heterocycles. The zero-order valence-corrected chi connectivity index (χ0v) is 20.8. The summed E-state index contributed by atoms with van der Waals surface area (Å²) in [5, 5.41) is 19.7. The first-order chi connectivity index (χ1) is 17.1. The van der Waals surface area contributed by atoms with Gasteiger partial charge in [0, 0.05) is 35.0 Å². The van der Waals surface area contributed by atoms with E-state index < -0.39 is 35.6 Å². The van der Waals surface area contributed by atoms with Crippen molar-refractivity contribution in [3.63, 3.8) is 0 Å². The maximum absolute atomic E-state index is 14.3. The Morgan fingerprint density at radius 3 is 2.75 bits per heavy atom. The molecule has 188 valence electrons. The lowest BCUT2D eigenvalue weighted by Crippen LogP contribution is -2.10. The first kappa shape index (κ1) is 25.6. The van der Waals surface area contributed by atoms with Gasteiger partial charge in [-0.2, -0.15) is 10.2 Å². The maximum atomic E-state index is 14.3. The molecule has 3 heterocycles. The van der Waals surface area contributed by atoms with Gasteiger partial charge in [0.1, 0.15) is 18.5 Å². The van der Waals surface area contributed by atoms with E-state index in [0.717, 1.165) is 4.68 Å². The number of hydrogen-bond acceptors (Lipinski definition) is 6. The summed E-state index contributed by atoms with van der Waals surface area (Å²) in [5.74, 6) is -1.14. The van der Waals surface area contributed by atoms with Crippen LogP contribution in [0.1, 0.15) is 24.2 Å². The maximum Gasteiger partial charge on any atom is 0.406 e. The van der Waals surface area contributed by atoms with Gasteiger partial charge in [-0.15, -0.1) is 0 Å². The highest BCUT2D eigenvalue weighted by Crippen LogP contribution is 2.36. The molecule has 1 atom stereocenters. The molecule has 0 bridgehead atoms. The molecule has 4 aromatic rings. The van der Waals surface area contributed by atoms with Crippen molar-refractivity contribution >= 4 is 33.3 Å². The lowest BCUT2D eigenvalue weighted by molar-refractivity contribution is -0.390. The highest BCUT2D eigenvalue weighted by Gasteiger charge is 2.24. The topological polar surface area (TPSA) is 101 Å². The van der Waals surface area contributed by atoms with Crippen LogP contribution in [0, 0.1) is 15.9 Å². The van der Waals surface area contributed by atoms with Gasteiger partial charge in [0.15, 0.2) is 11.3 Å². The molecule has 36 heavy (non-hydrogen) atoms. The minimum absolute atomic E-state index is 0.102. The summed E-state index contributed by atoms with van der Waals surface area (Å²) in [6.07, 6.45) is 0.793. The standard InChI is InChI=1S/C22H17BrClF3N6O3/c1-12(36-19-4-14(23)8-28-22(19)33(34)35)17-5-15(25)2-3-16(17)18-6-20(24)30-32(18)10-13-7-29-31(9-13)11-21(26)27/h2-9,12,21H,10-11H2,1H3/t12-/m1/s1. The van der Waals surface area contributed by atoms with Crippen LogP contribution >= 0.6 is 27.5 Å². The molecule has 0 saturated carbocycles. The van der Waals surface area contributed by atoms with Crippen molar-refractivity contribution in [1.29, 1.82) is 0 Å². The number of benzene rings is 1. The van der Waals surface area contributed by atoms with Gasteiger partial charge in [0.2, 0.25) is 5.75 Å². The molecule has 0 aliphatic heterocycles. The Hall–Kier alpha value is -3.45. The van der Waals surface area contributed by atoms with E-state index in [1.165, 1.54) is 47.5 Å². The summed E-state index contributed by atoms with van der Waals surface area (Å²) in [7, 11) is 0. The Morgan fingerprint density at radius 2 is 2.03 bits per heavy atom. The molecule has 0 spiro atoms. The van der Waals surface area contributed by atoms with Gasteiger partial charge in [-0.3, -0.25) is 9.36 Å². The molecule has 4 rings (SSSR count). The van der Waals surface area contributed by atoms with E-state index in [2.05, 4.69) is 31.1 Å². The second-order valence-corrected chi connectivity index (χ2v) is 9.00. The Labute approximate surface area is 215 Å². The molecular weight excluding hydrogens is 569 g/mol. The number of pyridine rings is 1. The van der Waals surface area contributed by atoms with Crippen molar-refractivity contribution in [2.75, 3.05) is 0 Å². The number of nitrogens with zero attached hydrogens (tertiary/aromatic N) is 6. The van der Waals surface area contributed by atoms with E-state index in [-0.39, 0.29) is 17.4 Å². The van der Waals surface area contributed by atoms with E-state index in [0.29, 0.717) is 26.9 Å². The van der Waals surface area contributed by atoms with Crippen LogP contribution in [-0.4, -0.2) is 35.9 Å². The highest BCUT2D eigenvalue weighted by molar-refractivity contribution is 9.10. The number of nitro groups is 1. The summed E-state index contributed by atoms with van der Waals surface area (Å²) in [5.41, 5.74) is 1.97. The molecule has 0 aliphatic carbocycles. The van der Waals surface area contributed by atoms with Gasteiger partial charge >= 0.3 is 5.82 Å². The van der Waals surface area contributed by atoms with E-state index in [1.807, 2.05) is 0 Å². The normalized spacial score (nSPS) is 12.2. The van der Waals surface area contributed by atoms with Gasteiger partial charge in [0.25, 0.3) is 6.43 Å². The van der Waals surface area contributed by atoms with E-state index >= 15 is 0 Å². The summed E-state index contributed by atoms with van der Waals surface area (Å²) in [6.45, 7) is 1.22. The molecule has 0 fully saturated rings. The molecule has 14 heteroatoms. The van der Waals surface area contributed by atoms with Crippen molar-refractivity contribution in [1.82, 2.24) is 24.5 Å². The number of rotatable bonds is 9. The Kier molecular flexibility index (Phi) is 7.59. The first-order valence-electron chi connectivity index (χ1n) is 10.4. The number of alkyl halides is 2. The molecule has 0 aliphatic rings. The van der Waals surface area contributed by atoms with Crippen LogP contribution in [0.3, 0.4) is 0 Å². The molecule has 0 radical (unpaired) electrons. The zero-order valence-electron chi connectivity index (χ0n) is 18.5. The number of ether oxygens (including phenoxy) is 1. The fraction of sp³-hybridized carbons (Fsp3) is 0.227. The van der Waals surface area contributed by atoms with Crippen LogP contribution in [0.25, 0.3) is 11.3 Å². The highest BCUT2D eigenvalue weighted by atomic mass is 79.9. The second-order valence-electron chi connectivity index (χ2n) is 7.70. The smallest absolute Gasteiger partial charge is 0.406 e. The Morgan fingerprint density at radius 1 is 1.25 bits per heavy atom. The molecule has 0 unspecified atom stereocenters. The quantitative estimate of drug-likeness (QED) is 0.175. The van der Waals surface area contributed by atoms with Crippen LogP contribution in [0.2, 0.25) is 5.15 Å². The van der Waals surface area contributed by atoms with Crippen LogP contribution in [0.5, 0.6) is 5.75 Å². The van der Waals surface area contributed by atoms with Gasteiger partial charge in [-0.1, -0.05) is 11.6 Å². The van der Waals surface area contributed by atoms with Gasteiger partial charge in [-0.25, -0.2) is 13.2 Å². The third-order valence-electron chi connectivity index (χ3n) is 5.10. The predicted octanol–water partition coefficient (Wildman–Crippen LogP) is 6.06. The monoisotopic (exact) mass is 584 g/mol. The minimum Gasteiger partial charge on any atom is -0.478 e. The first-order valence-corrected chi connectivity index (χ1v) is 11.6. The van der Waals surface area contributed by atoms with Crippen molar-refractivity contribution in [3.8, 4) is 17.0 Å². The average molecular weight is 586 g/mol. The number of aromatic nitrogens is 5. The Bertz CT molecular complexity index is 1410. The van der Waals surface area contributed by atoms with E-state index in [4.69, 9.17) is 16.3 Å². The molecule has 0 amide bonds. The summed E-state index contributed by atoms with van der Waals surface area (Å²) in [6, 6.07) is 6.99. The van der Waals surface area contributed by atoms with Gasteiger partial charge in [-0.05, 0) is 51.0 Å². The predicted molar refractivity (Wildman–Crippen MR) is 128 cm³/mol.